The maximum Gasteiger partial charge on any atom is 0.313 e. The zero-order chi connectivity index (χ0) is 12.1. The van der Waals surface area contributed by atoms with Crippen LogP contribution in [0.4, 0.5) is 0 Å². The minimum absolute atomic E-state index is 0.0411. The minimum atomic E-state index is -0.296. The fourth-order valence-electron chi connectivity index (χ4n) is 2.27. The molecule has 0 aromatic carbocycles. The average molecular weight is 253 g/mol. The summed E-state index contributed by atoms with van der Waals surface area (Å²) in [7, 11) is 0. The van der Waals surface area contributed by atoms with Crippen molar-refractivity contribution in [2.75, 3.05) is 13.1 Å². The van der Waals surface area contributed by atoms with Crippen LogP contribution >= 0.6 is 11.3 Å². The fraction of sp³-hybridized carbons (Fsp3) is 0.615. The monoisotopic (exact) mass is 253 g/mol. The van der Waals surface area contributed by atoms with Crippen molar-refractivity contribution in [1.29, 1.82) is 0 Å². The van der Waals surface area contributed by atoms with E-state index in [4.69, 9.17) is 4.74 Å². The highest BCUT2D eigenvalue weighted by Gasteiger charge is 2.39. The summed E-state index contributed by atoms with van der Waals surface area (Å²) < 4.78 is 5.45. The van der Waals surface area contributed by atoms with Crippen LogP contribution in [-0.2, 0) is 16.1 Å². The second-order valence-corrected chi connectivity index (χ2v) is 5.60. The minimum Gasteiger partial charge on any atom is -0.460 e. The highest BCUT2D eigenvalue weighted by Crippen LogP contribution is 2.31. The van der Waals surface area contributed by atoms with E-state index < -0.39 is 0 Å². The van der Waals surface area contributed by atoms with Gasteiger partial charge in [-0.05, 0) is 37.3 Å². The van der Waals surface area contributed by atoms with Gasteiger partial charge < -0.3 is 10.1 Å². The highest BCUT2D eigenvalue weighted by molar-refractivity contribution is 7.09. The summed E-state index contributed by atoms with van der Waals surface area (Å²) in [6, 6.07) is 3.97. The van der Waals surface area contributed by atoms with Gasteiger partial charge in [-0.3, -0.25) is 4.79 Å². The van der Waals surface area contributed by atoms with Gasteiger partial charge in [0.1, 0.15) is 6.61 Å². The van der Waals surface area contributed by atoms with Gasteiger partial charge in [0, 0.05) is 11.4 Å². The molecule has 17 heavy (non-hydrogen) atoms. The number of nitrogens with one attached hydrogen (secondary N) is 1. The van der Waals surface area contributed by atoms with Crippen LogP contribution in [0.2, 0.25) is 0 Å². The normalized spacial score (nSPS) is 24.5. The maximum absolute atomic E-state index is 12.2. The lowest BCUT2D eigenvalue weighted by Gasteiger charge is -2.34. The van der Waals surface area contributed by atoms with Crippen LogP contribution in [0.5, 0.6) is 0 Å². The van der Waals surface area contributed by atoms with E-state index in [1.807, 2.05) is 17.5 Å². The van der Waals surface area contributed by atoms with Gasteiger partial charge in [0.25, 0.3) is 0 Å². The number of piperidine rings is 1. The van der Waals surface area contributed by atoms with E-state index in [0.717, 1.165) is 37.2 Å². The van der Waals surface area contributed by atoms with Crippen molar-refractivity contribution >= 4 is 17.3 Å². The van der Waals surface area contributed by atoms with Gasteiger partial charge in [-0.25, -0.2) is 0 Å². The van der Waals surface area contributed by atoms with Crippen molar-refractivity contribution in [3.8, 4) is 0 Å². The molecule has 1 aromatic heterocycles. The van der Waals surface area contributed by atoms with Crippen LogP contribution in [-0.4, -0.2) is 19.1 Å². The molecule has 1 atom stereocenters. The van der Waals surface area contributed by atoms with E-state index in [1.165, 1.54) is 0 Å². The molecule has 0 aliphatic carbocycles. The average Bonchev–Trinajstić information content (AvgIpc) is 2.90. The first kappa shape index (κ1) is 12.6. The summed E-state index contributed by atoms with van der Waals surface area (Å²) in [6.07, 6.45) is 2.85. The van der Waals surface area contributed by atoms with Gasteiger partial charge in [0.05, 0.1) is 5.41 Å². The molecule has 3 nitrogen and oxygen atoms in total. The molecule has 1 N–H and O–H groups in total. The van der Waals surface area contributed by atoms with E-state index in [1.54, 1.807) is 11.3 Å². The highest BCUT2D eigenvalue weighted by atomic mass is 32.1. The van der Waals surface area contributed by atoms with Crippen molar-refractivity contribution < 1.29 is 9.53 Å². The van der Waals surface area contributed by atoms with Crippen LogP contribution in [0, 0.1) is 5.41 Å². The Morgan fingerprint density at radius 3 is 3.12 bits per heavy atom. The van der Waals surface area contributed by atoms with Gasteiger partial charge in [0.15, 0.2) is 0 Å². The van der Waals surface area contributed by atoms with E-state index in [-0.39, 0.29) is 11.4 Å². The predicted octanol–water partition coefficient (Wildman–Crippen LogP) is 2.57. The molecule has 0 spiro atoms. The molecule has 2 rings (SSSR count). The summed E-state index contributed by atoms with van der Waals surface area (Å²) in [4.78, 5) is 13.3. The number of hydrogen-bond acceptors (Lipinski definition) is 4. The summed E-state index contributed by atoms with van der Waals surface area (Å²) in [5.41, 5.74) is -0.296. The quantitative estimate of drug-likeness (QED) is 0.838. The Morgan fingerprint density at radius 2 is 2.53 bits per heavy atom. The molecule has 1 unspecified atom stereocenters. The molecular formula is C13H19NO2S. The Kier molecular flexibility index (Phi) is 4.18. The third-order valence-electron chi connectivity index (χ3n) is 3.51. The van der Waals surface area contributed by atoms with E-state index >= 15 is 0 Å². The Balaban J connectivity index is 1.93. The molecule has 0 amide bonds. The second kappa shape index (κ2) is 5.65. The van der Waals surface area contributed by atoms with Crippen molar-refractivity contribution in [2.45, 2.75) is 32.8 Å². The lowest BCUT2D eigenvalue weighted by atomic mass is 9.78. The van der Waals surface area contributed by atoms with Crippen LogP contribution in [0.15, 0.2) is 17.5 Å². The topological polar surface area (TPSA) is 38.3 Å². The predicted molar refractivity (Wildman–Crippen MR) is 68.9 cm³/mol. The molecule has 94 valence electrons. The molecule has 1 aliphatic heterocycles. The lowest BCUT2D eigenvalue weighted by molar-refractivity contribution is -0.158. The van der Waals surface area contributed by atoms with Crippen molar-refractivity contribution in [2.24, 2.45) is 5.41 Å². The lowest BCUT2D eigenvalue weighted by Crippen LogP contribution is -2.45. The number of rotatable bonds is 4. The van der Waals surface area contributed by atoms with Crippen LogP contribution in [0.3, 0.4) is 0 Å². The van der Waals surface area contributed by atoms with Gasteiger partial charge in [0.2, 0.25) is 0 Å². The number of esters is 1. The molecular weight excluding hydrogens is 234 g/mol. The molecule has 0 radical (unpaired) electrons. The van der Waals surface area contributed by atoms with Gasteiger partial charge in [-0.2, -0.15) is 0 Å². The maximum atomic E-state index is 12.2. The smallest absolute Gasteiger partial charge is 0.313 e. The van der Waals surface area contributed by atoms with Gasteiger partial charge in [-0.1, -0.05) is 13.0 Å². The number of ether oxygens (including phenoxy) is 1. The molecule has 2 heterocycles. The SMILES string of the molecule is CCC1(C(=O)OCc2cccs2)CCCNC1. The summed E-state index contributed by atoms with van der Waals surface area (Å²) in [5.74, 6) is -0.0411. The van der Waals surface area contributed by atoms with Crippen molar-refractivity contribution in [1.82, 2.24) is 5.32 Å². The number of carbonyl (C=O) groups excluding carboxylic acids is 1. The summed E-state index contributed by atoms with van der Waals surface area (Å²) >= 11 is 1.63. The van der Waals surface area contributed by atoms with E-state index in [0.29, 0.717) is 6.61 Å². The number of carbonyl (C=O) groups is 1. The third-order valence-corrected chi connectivity index (χ3v) is 4.36. The van der Waals surface area contributed by atoms with E-state index in [2.05, 4.69) is 12.2 Å². The summed E-state index contributed by atoms with van der Waals surface area (Å²) in [5, 5.41) is 5.30. The largest absolute Gasteiger partial charge is 0.460 e. The van der Waals surface area contributed by atoms with E-state index in [9.17, 15) is 4.79 Å². The van der Waals surface area contributed by atoms with Crippen LogP contribution in [0.1, 0.15) is 31.1 Å². The first-order valence-electron chi connectivity index (χ1n) is 6.17. The molecule has 0 bridgehead atoms. The third kappa shape index (κ3) is 2.87. The zero-order valence-electron chi connectivity index (χ0n) is 10.2. The first-order valence-corrected chi connectivity index (χ1v) is 7.05. The molecule has 1 fully saturated rings. The molecule has 1 aliphatic rings. The van der Waals surface area contributed by atoms with Crippen LogP contribution < -0.4 is 5.32 Å². The second-order valence-electron chi connectivity index (χ2n) is 4.57. The zero-order valence-corrected chi connectivity index (χ0v) is 11.0. The molecule has 4 heteroatoms. The Labute approximate surface area is 106 Å². The Hall–Kier alpha value is -0.870. The summed E-state index contributed by atoms with van der Waals surface area (Å²) in [6.45, 7) is 4.25. The molecule has 1 saturated heterocycles. The first-order chi connectivity index (χ1) is 8.27. The molecule has 1 aromatic rings. The Bertz CT molecular complexity index is 356. The standard InChI is InChI=1S/C13H19NO2S/c1-2-13(6-4-7-14-10-13)12(15)16-9-11-5-3-8-17-11/h3,5,8,14H,2,4,6-7,9-10H2,1H3. The van der Waals surface area contributed by atoms with Crippen molar-refractivity contribution in [3.63, 3.8) is 0 Å². The Morgan fingerprint density at radius 1 is 1.65 bits per heavy atom. The van der Waals surface area contributed by atoms with Gasteiger partial charge >= 0.3 is 5.97 Å². The number of hydrogen-bond donors (Lipinski definition) is 1. The van der Waals surface area contributed by atoms with Crippen LogP contribution in [0.25, 0.3) is 0 Å². The van der Waals surface area contributed by atoms with Crippen molar-refractivity contribution in [3.05, 3.63) is 22.4 Å². The molecule has 0 saturated carbocycles. The van der Waals surface area contributed by atoms with Gasteiger partial charge in [-0.15, -0.1) is 11.3 Å². The fourth-order valence-corrected chi connectivity index (χ4v) is 2.89. The number of thiophene rings is 1.